The number of rotatable bonds is 6. The van der Waals surface area contributed by atoms with Crippen molar-refractivity contribution in [2.45, 2.75) is 38.8 Å². The van der Waals surface area contributed by atoms with Crippen LogP contribution in [0.1, 0.15) is 43.6 Å². The minimum atomic E-state index is -0.00107. The second-order valence-corrected chi connectivity index (χ2v) is 6.40. The van der Waals surface area contributed by atoms with E-state index in [1.165, 1.54) is 0 Å². The van der Waals surface area contributed by atoms with E-state index >= 15 is 0 Å². The van der Waals surface area contributed by atoms with Crippen molar-refractivity contribution in [2.24, 2.45) is 5.84 Å². The molecular formula is C15H20BrClN4. The largest absolute Gasteiger partial charge is 0.271 e. The molecule has 0 aliphatic rings. The average molecular weight is 372 g/mol. The molecule has 4 nitrogen and oxygen atoms in total. The standard InChI is InChI=1S/C15H20BrClN4/c1-3-10(2)21-7-6-12(20-21)9-15(19-18)11-4-5-14(17)13(16)8-11/h4-8,10,15,19H,3,9,18H2,1-2H3. The lowest BCUT2D eigenvalue weighted by atomic mass is 10.0. The third-order valence-corrected chi connectivity index (χ3v) is 4.88. The molecule has 0 amide bonds. The molecule has 0 saturated heterocycles. The highest BCUT2D eigenvalue weighted by molar-refractivity contribution is 9.10. The van der Waals surface area contributed by atoms with Crippen LogP contribution in [0.4, 0.5) is 0 Å². The molecule has 0 bridgehead atoms. The fourth-order valence-electron chi connectivity index (χ4n) is 2.13. The number of hydrazine groups is 1. The molecule has 1 aromatic heterocycles. The van der Waals surface area contributed by atoms with Crippen LogP contribution in [0.3, 0.4) is 0 Å². The Hall–Kier alpha value is -0.880. The summed E-state index contributed by atoms with van der Waals surface area (Å²) in [6, 6.07) is 8.28. The molecule has 114 valence electrons. The van der Waals surface area contributed by atoms with Crippen molar-refractivity contribution in [3.63, 3.8) is 0 Å². The van der Waals surface area contributed by atoms with Crippen molar-refractivity contribution in [3.05, 3.63) is 51.2 Å². The van der Waals surface area contributed by atoms with Crippen molar-refractivity contribution >= 4 is 27.5 Å². The van der Waals surface area contributed by atoms with Crippen molar-refractivity contribution in [1.82, 2.24) is 15.2 Å². The number of aromatic nitrogens is 2. The number of hydrogen-bond acceptors (Lipinski definition) is 3. The van der Waals surface area contributed by atoms with Gasteiger partial charge in [-0.2, -0.15) is 5.10 Å². The van der Waals surface area contributed by atoms with Gasteiger partial charge in [0, 0.05) is 23.1 Å². The molecule has 0 fully saturated rings. The van der Waals surface area contributed by atoms with E-state index in [4.69, 9.17) is 17.4 Å². The number of hydrogen-bond donors (Lipinski definition) is 2. The van der Waals surface area contributed by atoms with Gasteiger partial charge in [-0.05, 0) is 53.0 Å². The predicted octanol–water partition coefficient (Wildman–Crippen LogP) is 4.02. The monoisotopic (exact) mass is 370 g/mol. The number of nitrogens with zero attached hydrogens (tertiary/aromatic N) is 2. The van der Waals surface area contributed by atoms with Gasteiger partial charge in [0.25, 0.3) is 0 Å². The molecule has 2 aromatic rings. The van der Waals surface area contributed by atoms with E-state index in [-0.39, 0.29) is 6.04 Å². The maximum absolute atomic E-state index is 6.03. The first-order valence-electron chi connectivity index (χ1n) is 7.00. The van der Waals surface area contributed by atoms with Gasteiger partial charge in [0.2, 0.25) is 0 Å². The minimum Gasteiger partial charge on any atom is -0.271 e. The Labute approximate surface area is 138 Å². The fourth-order valence-corrected chi connectivity index (χ4v) is 2.64. The third kappa shape index (κ3) is 4.07. The molecule has 2 unspecified atom stereocenters. The summed E-state index contributed by atoms with van der Waals surface area (Å²) < 4.78 is 2.87. The zero-order chi connectivity index (χ0) is 15.4. The molecule has 0 aliphatic carbocycles. The van der Waals surface area contributed by atoms with E-state index in [2.05, 4.69) is 40.3 Å². The SMILES string of the molecule is CCC(C)n1ccc(CC(NN)c2ccc(Cl)c(Br)c2)n1. The van der Waals surface area contributed by atoms with E-state index in [0.29, 0.717) is 11.1 Å². The van der Waals surface area contributed by atoms with Crippen LogP contribution in [0.15, 0.2) is 34.9 Å². The molecule has 2 atom stereocenters. The molecular weight excluding hydrogens is 352 g/mol. The Morgan fingerprint density at radius 3 is 2.81 bits per heavy atom. The first-order chi connectivity index (χ1) is 10.0. The zero-order valence-electron chi connectivity index (χ0n) is 12.2. The summed E-state index contributed by atoms with van der Waals surface area (Å²) in [6.45, 7) is 4.31. The fraction of sp³-hybridized carbons (Fsp3) is 0.400. The van der Waals surface area contributed by atoms with Crippen LogP contribution >= 0.6 is 27.5 Å². The van der Waals surface area contributed by atoms with E-state index in [0.717, 1.165) is 28.6 Å². The van der Waals surface area contributed by atoms with Crippen molar-refractivity contribution in [1.29, 1.82) is 0 Å². The topological polar surface area (TPSA) is 55.9 Å². The van der Waals surface area contributed by atoms with Crippen LogP contribution < -0.4 is 11.3 Å². The minimum absolute atomic E-state index is 0.00107. The van der Waals surface area contributed by atoms with Gasteiger partial charge in [0.15, 0.2) is 0 Å². The Morgan fingerprint density at radius 2 is 2.19 bits per heavy atom. The summed E-state index contributed by atoms with van der Waals surface area (Å²) in [7, 11) is 0. The number of nitrogens with two attached hydrogens (primary N) is 1. The summed E-state index contributed by atoms with van der Waals surface area (Å²) >= 11 is 9.47. The highest BCUT2D eigenvalue weighted by Gasteiger charge is 2.14. The molecule has 2 rings (SSSR count). The van der Waals surface area contributed by atoms with E-state index in [1.807, 2.05) is 35.1 Å². The van der Waals surface area contributed by atoms with Crippen molar-refractivity contribution in [3.8, 4) is 0 Å². The summed E-state index contributed by atoms with van der Waals surface area (Å²) in [6.07, 6.45) is 3.81. The van der Waals surface area contributed by atoms with Crippen LogP contribution in [0, 0.1) is 0 Å². The summed E-state index contributed by atoms with van der Waals surface area (Å²) in [5, 5.41) is 5.31. The molecule has 0 radical (unpaired) electrons. The second-order valence-electron chi connectivity index (χ2n) is 5.14. The Kier molecular flexibility index (Phi) is 5.81. The number of benzene rings is 1. The summed E-state index contributed by atoms with van der Waals surface area (Å²) in [5.41, 5.74) is 4.95. The normalized spacial score (nSPS) is 14.1. The first-order valence-corrected chi connectivity index (χ1v) is 8.17. The molecule has 0 saturated carbocycles. The lowest BCUT2D eigenvalue weighted by Gasteiger charge is -2.16. The van der Waals surface area contributed by atoms with E-state index in [9.17, 15) is 0 Å². The smallest absolute Gasteiger partial charge is 0.0644 e. The molecule has 1 heterocycles. The highest BCUT2D eigenvalue weighted by atomic mass is 79.9. The van der Waals surface area contributed by atoms with Crippen molar-refractivity contribution < 1.29 is 0 Å². The molecule has 0 spiro atoms. The lowest BCUT2D eigenvalue weighted by Crippen LogP contribution is -2.29. The lowest BCUT2D eigenvalue weighted by molar-refractivity contribution is 0.467. The van der Waals surface area contributed by atoms with Crippen LogP contribution in [0.2, 0.25) is 5.02 Å². The molecule has 21 heavy (non-hydrogen) atoms. The quantitative estimate of drug-likeness (QED) is 0.595. The maximum atomic E-state index is 6.03. The summed E-state index contributed by atoms with van der Waals surface area (Å²) in [5.74, 6) is 5.70. The Morgan fingerprint density at radius 1 is 1.43 bits per heavy atom. The summed E-state index contributed by atoms with van der Waals surface area (Å²) in [4.78, 5) is 0. The molecule has 1 aromatic carbocycles. The van der Waals surface area contributed by atoms with Gasteiger partial charge < -0.3 is 0 Å². The van der Waals surface area contributed by atoms with Gasteiger partial charge >= 0.3 is 0 Å². The van der Waals surface area contributed by atoms with Gasteiger partial charge in [-0.3, -0.25) is 16.0 Å². The predicted molar refractivity (Wildman–Crippen MR) is 90.1 cm³/mol. The van der Waals surface area contributed by atoms with Gasteiger partial charge in [0.05, 0.1) is 16.8 Å². The van der Waals surface area contributed by atoms with Crippen LogP contribution in [0.25, 0.3) is 0 Å². The van der Waals surface area contributed by atoms with E-state index in [1.54, 1.807) is 0 Å². The van der Waals surface area contributed by atoms with E-state index < -0.39 is 0 Å². The first kappa shape index (κ1) is 16.5. The van der Waals surface area contributed by atoms with Gasteiger partial charge in [-0.1, -0.05) is 24.6 Å². The molecule has 6 heteroatoms. The second kappa shape index (κ2) is 7.40. The number of nitrogens with one attached hydrogen (secondary N) is 1. The number of halogens is 2. The van der Waals surface area contributed by atoms with Gasteiger partial charge in [-0.15, -0.1) is 0 Å². The van der Waals surface area contributed by atoms with Crippen molar-refractivity contribution in [2.75, 3.05) is 0 Å². The van der Waals surface area contributed by atoms with Gasteiger partial charge in [0.1, 0.15) is 0 Å². The Bertz CT molecular complexity index is 599. The average Bonchev–Trinajstić information content (AvgIpc) is 2.95. The highest BCUT2D eigenvalue weighted by Crippen LogP contribution is 2.27. The van der Waals surface area contributed by atoms with Crippen LogP contribution in [-0.2, 0) is 6.42 Å². The molecule has 0 aliphatic heterocycles. The zero-order valence-corrected chi connectivity index (χ0v) is 14.5. The maximum Gasteiger partial charge on any atom is 0.0644 e. The van der Waals surface area contributed by atoms with Crippen LogP contribution in [0.5, 0.6) is 0 Å². The Balaban J connectivity index is 2.15. The van der Waals surface area contributed by atoms with Gasteiger partial charge in [-0.25, -0.2) is 0 Å². The molecule has 3 N–H and O–H groups in total. The van der Waals surface area contributed by atoms with Crippen LogP contribution in [-0.4, -0.2) is 9.78 Å². The third-order valence-electron chi connectivity index (χ3n) is 3.67.